The van der Waals surface area contributed by atoms with E-state index in [-0.39, 0.29) is 30.0 Å². The monoisotopic (exact) mass is 384 g/mol. The fourth-order valence-corrected chi connectivity index (χ4v) is 2.49. The van der Waals surface area contributed by atoms with Gasteiger partial charge in [-0.3, -0.25) is 24.5 Å². The molecule has 0 bridgehead atoms. The number of carbonyl (C=O) groups is 3. The van der Waals surface area contributed by atoms with E-state index in [1.165, 1.54) is 6.07 Å². The summed E-state index contributed by atoms with van der Waals surface area (Å²) in [4.78, 5) is 46.3. The first-order chi connectivity index (χ1) is 13.3. The Morgan fingerprint density at radius 1 is 1.04 bits per heavy atom. The van der Waals surface area contributed by atoms with Gasteiger partial charge in [0, 0.05) is 18.1 Å². The van der Waals surface area contributed by atoms with Crippen LogP contribution >= 0.6 is 0 Å². The van der Waals surface area contributed by atoms with Gasteiger partial charge in [0.05, 0.1) is 11.3 Å². The molecule has 1 amide bonds. The van der Waals surface area contributed by atoms with Gasteiger partial charge in [0.2, 0.25) is 0 Å². The number of hydrogen-bond donors (Lipinski definition) is 1. The van der Waals surface area contributed by atoms with Gasteiger partial charge >= 0.3 is 5.97 Å². The number of carbonyl (C=O) groups excluding carboxylic acids is 3. The number of nitro benzene ring substituents is 1. The molecule has 0 aliphatic carbocycles. The Morgan fingerprint density at radius 2 is 1.71 bits per heavy atom. The number of benzene rings is 2. The molecule has 0 saturated carbocycles. The van der Waals surface area contributed by atoms with E-state index in [4.69, 9.17) is 4.74 Å². The Hall–Kier alpha value is -3.55. The van der Waals surface area contributed by atoms with Gasteiger partial charge in [0.1, 0.15) is 5.69 Å². The third kappa shape index (κ3) is 5.47. The Bertz CT molecular complexity index is 908. The van der Waals surface area contributed by atoms with E-state index >= 15 is 0 Å². The molecule has 0 atom stereocenters. The molecule has 2 aromatic carbocycles. The first-order valence-corrected chi connectivity index (χ1v) is 8.58. The highest BCUT2D eigenvalue weighted by Gasteiger charge is 2.20. The van der Waals surface area contributed by atoms with Gasteiger partial charge in [-0.15, -0.1) is 0 Å². The lowest BCUT2D eigenvalue weighted by Gasteiger charge is -2.11. The number of nitrogens with zero attached hydrogens (tertiary/aromatic N) is 1. The van der Waals surface area contributed by atoms with Gasteiger partial charge in [-0.05, 0) is 25.0 Å². The summed E-state index contributed by atoms with van der Waals surface area (Å²) in [7, 11) is 0. The van der Waals surface area contributed by atoms with E-state index in [9.17, 15) is 24.5 Å². The fraction of sp³-hybridized carbons (Fsp3) is 0.250. The van der Waals surface area contributed by atoms with E-state index in [0.717, 1.165) is 5.56 Å². The molecule has 0 radical (unpaired) electrons. The van der Waals surface area contributed by atoms with Crippen LogP contribution in [0, 0.1) is 24.0 Å². The van der Waals surface area contributed by atoms with Crippen molar-refractivity contribution in [2.75, 3.05) is 11.9 Å². The van der Waals surface area contributed by atoms with Crippen molar-refractivity contribution >= 4 is 29.0 Å². The third-order valence-electron chi connectivity index (χ3n) is 4.19. The third-order valence-corrected chi connectivity index (χ3v) is 4.19. The molecule has 0 fully saturated rings. The molecule has 146 valence electrons. The number of amides is 1. The van der Waals surface area contributed by atoms with E-state index in [1.54, 1.807) is 50.2 Å². The van der Waals surface area contributed by atoms with Crippen molar-refractivity contribution in [1.29, 1.82) is 0 Å². The molecular weight excluding hydrogens is 364 g/mol. The number of hydrogen-bond acceptors (Lipinski definition) is 6. The van der Waals surface area contributed by atoms with Gasteiger partial charge in [0.25, 0.3) is 11.6 Å². The van der Waals surface area contributed by atoms with Crippen LogP contribution in [0.15, 0.2) is 42.5 Å². The van der Waals surface area contributed by atoms with Crippen molar-refractivity contribution in [2.45, 2.75) is 26.7 Å². The number of rotatable bonds is 8. The van der Waals surface area contributed by atoms with Crippen LogP contribution in [-0.2, 0) is 14.3 Å². The fourth-order valence-electron chi connectivity index (χ4n) is 2.49. The molecule has 0 aromatic heterocycles. The van der Waals surface area contributed by atoms with Crippen molar-refractivity contribution in [2.24, 2.45) is 0 Å². The summed E-state index contributed by atoms with van der Waals surface area (Å²) in [5, 5.41) is 13.6. The smallest absolute Gasteiger partial charge is 0.306 e. The topological polar surface area (TPSA) is 116 Å². The minimum atomic E-state index is -0.699. The Morgan fingerprint density at radius 3 is 2.36 bits per heavy atom. The van der Waals surface area contributed by atoms with E-state index in [0.29, 0.717) is 11.1 Å². The summed E-state index contributed by atoms with van der Waals surface area (Å²) in [5.74, 6) is -1.59. The van der Waals surface area contributed by atoms with Crippen molar-refractivity contribution in [3.8, 4) is 0 Å². The molecule has 0 spiro atoms. The molecule has 2 aromatic rings. The second-order valence-corrected chi connectivity index (χ2v) is 6.16. The van der Waals surface area contributed by atoms with Gasteiger partial charge in [-0.25, -0.2) is 0 Å². The lowest BCUT2D eigenvalue weighted by molar-refractivity contribution is -0.384. The molecular formula is C20H20N2O6. The van der Waals surface area contributed by atoms with Crippen molar-refractivity contribution < 1.29 is 24.0 Å². The van der Waals surface area contributed by atoms with Crippen LogP contribution in [0.2, 0.25) is 0 Å². The molecule has 8 nitrogen and oxygen atoms in total. The first kappa shape index (κ1) is 20.8. The SMILES string of the molecule is Cc1ccc([N+](=O)[O-])c(NC(=O)COC(=O)CCC(=O)c2ccccc2)c1C. The average molecular weight is 384 g/mol. The molecule has 0 heterocycles. The highest BCUT2D eigenvalue weighted by atomic mass is 16.6. The van der Waals surface area contributed by atoms with E-state index < -0.39 is 23.4 Å². The summed E-state index contributed by atoms with van der Waals surface area (Å²) in [6.07, 6.45) is -0.197. The summed E-state index contributed by atoms with van der Waals surface area (Å²) in [5.41, 5.74) is 1.66. The van der Waals surface area contributed by atoms with Crippen LogP contribution in [-0.4, -0.2) is 29.2 Å². The van der Waals surface area contributed by atoms with E-state index in [1.807, 2.05) is 0 Å². The van der Waals surface area contributed by atoms with Gasteiger partial charge in [-0.1, -0.05) is 36.4 Å². The summed E-state index contributed by atoms with van der Waals surface area (Å²) in [6.45, 7) is 2.82. The second kappa shape index (κ2) is 9.40. The van der Waals surface area contributed by atoms with Gasteiger partial charge in [0.15, 0.2) is 12.4 Å². The number of nitro groups is 1. The van der Waals surface area contributed by atoms with Crippen LogP contribution in [0.1, 0.15) is 34.3 Å². The maximum atomic E-state index is 12.0. The number of ketones is 1. The predicted octanol–water partition coefficient (Wildman–Crippen LogP) is 3.36. The highest BCUT2D eigenvalue weighted by molar-refractivity contribution is 5.98. The van der Waals surface area contributed by atoms with Crippen LogP contribution in [0.3, 0.4) is 0 Å². The predicted molar refractivity (Wildman–Crippen MR) is 102 cm³/mol. The lowest BCUT2D eigenvalue weighted by Crippen LogP contribution is -2.22. The van der Waals surface area contributed by atoms with Crippen molar-refractivity contribution in [3.05, 3.63) is 69.3 Å². The second-order valence-electron chi connectivity index (χ2n) is 6.16. The molecule has 1 N–H and O–H groups in total. The summed E-state index contributed by atoms with van der Waals surface area (Å²) < 4.78 is 4.86. The molecule has 2 rings (SSSR count). The maximum Gasteiger partial charge on any atom is 0.306 e. The first-order valence-electron chi connectivity index (χ1n) is 8.58. The van der Waals surface area contributed by atoms with Crippen molar-refractivity contribution in [1.82, 2.24) is 0 Å². The Kier molecular flexibility index (Phi) is 6.97. The van der Waals surface area contributed by atoms with Crippen LogP contribution in [0.5, 0.6) is 0 Å². The quantitative estimate of drug-likeness (QED) is 0.323. The standard InChI is InChI=1S/C20H20N2O6/c1-13-8-9-16(22(26)27)20(14(13)2)21-18(24)12-28-19(25)11-10-17(23)15-6-4-3-5-7-15/h3-9H,10-12H2,1-2H3,(H,21,24). The minimum Gasteiger partial charge on any atom is -0.456 e. The molecule has 28 heavy (non-hydrogen) atoms. The molecule has 0 aliphatic rings. The summed E-state index contributed by atoms with van der Waals surface area (Å²) >= 11 is 0. The minimum absolute atomic E-state index is 0.0348. The van der Waals surface area contributed by atoms with Gasteiger partial charge < -0.3 is 10.1 Å². The number of anilines is 1. The van der Waals surface area contributed by atoms with Crippen LogP contribution in [0.4, 0.5) is 11.4 Å². The summed E-state index contributed by atoms with van der Waals surface area (Å²) in [6, 6.07) is 11.4. The van der Waals surface area contributed by atoms with Crippen molar-refractivity contribution in [3.63, 3.8) is 0 Å². The zero-order valence-corrected chi connectivity index (χ0v) is 15.6. The normalized spacial score (nSPS) is 10.2. The number of aryl methyl sites for hydroxylation is 1. The zero-order chi connectivity index (χ0) is 20.7. The molecule has 8 heteroatoms. The number of nitrogens with one attached hydrogen (secondary N) is 1. The number of ether oxygens (including phenoxy) is 1. The van der Waals surface area contributed by atoms with Crippen LogP contribution in [0.25, 0.3) is 0 Å². The molecule has 0 aliphatic heterocycles. The Balaban J connectivity index is 1.87. The number of Topliss-reactive ketones (excluding diaryl/α,β-unsaturated/α-hetero) is 1. The zero-order valence-electron chi connectivity index (χ0n) is 15.6. The molecule has 0 unspecified atom stereocenters. The number of esters is 1. The Labute approximate surface area is 161 Å². The van der Waals surface area contributed by atoms with Crippen LogP contribution < -0.4 is 5.32 Å². The molecule has 0 saturated heterocycles. The van der Waals surface area contributed by atoms with Gasteiger partial charge in [-0.2, -0.15) is 0 Å². The van der Waals surface area contributed by atoms with E-state index in [2.05, 4.69) is 5.32 Å². The lowest BCUT2D eigenvalue weighted by atomic mass is 10.1. The average Bonchev–Trinajstić information content (AvgIpc) is 2.68. The highest BCUT2D eigenvalue weighted by Crippen LogP contribution is 2.30. The maximum absolute atomic E-state index is 12.0. The largest absolute Gasteiger partial charge is 0.456 e.